The number of benzene rings is 1. The van der Waals surface area contributed by atoms with E-state index in [2.05, 4.69) is 4.74 Å². The summed E-state index contributed by atoms with van der Waals surface area (Å²) in [6.07, 6.45) is 0.354. The molecular weight excluding hydrogens is 247 g/mol. The average molecular weight is 253 g/mol. The first-order chi connectivity index (χ1) is 6.91. The van der Waals surface area contributed by atoms with Crippen LogP contribution in [-0.2, 0) is 9.05 Å². The van der Waals surface area contributed by atoms with Crippen LogP contribution >= 0.6 is 10.7 Å². The summed E-state index contributed by atoms with van der Waals surface area (Å²) >= 11 is 0. The molecule has 0 unspecified atom stereocenters. The van der Waals surface area contributed by atoms with Crippen molar-refractivity contribution in [3.05, 3.63) is 23.5 Å². The van der Waals surface area contributed by atoms with E-state index in [0.29, 0.717) is 6.29 Å². The fraction of sp³-hybridized carbons (Fsp3) is 0.125. The SMILES string of the molecule is COc1c(C=O)ccc(S(=O)(=O)Cl)c1F. The number of carbonyl (C=O) groups is 1. The fourth-order valence-corrected chi connectivity index (χ4v) is 1.94. The summed E-state index contributed by atoms with van der Waals surface area (Å²) in [6.45, 7) is 0. The van der Waals surface area contributed by atoms with E-state index in [1.165, 1.54) is 0 Å². The topological polar surface area (TPSA) is 60.4 Å². The molecule has 1 rings (SSSR count). The molecule has 0 saturated heterocycles. The highest BCUT2D eigenvalue weighted by atomic mass is 35.7. The first-order valence-electron chi connectivity index (χ1n) is 3.68. The van der Waals surface area contributed by atoms with Crippen molar-refractivity contribution >= 4 is 26.0 Å². The predicted molar refractivity (Wildman–Crippen MR) is 51.4 cm³/mol. The Bertz CT molecular complexity index is 498. The molecule has 0 aliphatic heterocycles. The average Bonchev–Trinajstić information content (AvgIpc) is 2.15. The minimum absolute atomic E-state index is 0.0842. The maximum atomic E-state index is 13.5. The lowest BCUT2D eigenvalue weighted by Gasteiger charge is -2.07. The zero-order valence-electron chi connectivity index (χ0n) is 7.53. The number of methoxy groups -OCH3 is 1. The van der Waals surface area contributed by atoms with Crippen LogP contribution in [-0.4, -0.2) is 21.8 Å². The van der Waals surface area contributed by atoms with Gasteiger partial charge in [-0.15, -0.1) is 0 Å². The number of ether oxygens (including phenoxy) is 1. The molecule has 1 aromatic rings. The van der Waals surface area contributed by atoms with Gasteiger partial charge in [-0.3, -0.25) is 4.79 Å². The first kappa shape index (κ1) is 11.9. The molecule has 1 aromatic carbocycles. The highest BCUT2D eigenvalue weighted by molar-refractivity contribution is 8.13. The van der Waals surface area contributed by atoms with Gasteiger partial charge in [-0.1, -0.05) is 0 Å². The van der Waals surface area contributed by atoms with Gasteiger partial charge < -0.3 is 4.74 Å². The van der Waals surface area contributed by atoms with E-state index in [-0.39, 0.29) is 5.56 Å². The molecule has 0 bridgehead atoms. The zero-order valence-corrected chi connectivity index (χ0v) is 9.10. The Hall–Kier alpha value is -1.14. The van der Waals surface area contributed by atoms with Gasteiger partial charge in [-0.2, -0.15) is 0 Å². The Morgan fingerprint density at radius 2 is 2.07 bits per heavy atom. The number of aldehydes is 1. The summed E-state index contributed by atoms with van der Waals surface area (Å²) in [7, 11) is 1.91. The lowest BCUT2D eigenvalue weighted by Crippen LogP contribution is -2.01. The van der Waals surface area contributed by atoms with E-state index in [4.69, 9.17) is 10.7 Å². The fourth-order valence-electron chi connectivity index (χ4n) is 1.04. The van der Waals surface area contributed by atoms with Crippen molar-refractivity contribution in [2.75, 3.05) is 7.11 Å². The van der Waals surface area contributed by atoms with Crippen LogP contribution in [0.15, 0.2) is 17.0 Å². The number of rotatable bonds is 3. The Balaban J connectivity index is 3.56. The van der Waals surface area contributed by atoms with Gasteiger partial charge in [-0.05, 0) is 12.1 Å². The highest BCUT2D eigenvalue weighted by Gasteiger charge is 2.21. The van der Waals surface area contributed by atoms with Gasteiger partial charge in [0.25, 0.3) is 9.05 Å². The lowest BCUT2D eigenvalue weighted by atomic mass is 10.2. The van der Waals surface area contributed by atoms with Gasteiger partial charge in [0.05, 0.1) is 12.7 Å². The van der Waals surface area contributed by atoms with Crippen molar-refractivity contribution in [1.29, 1.82) is 0 Å². The van der Waals surface area contributed by atoms with Crippen molar-refractivity contribution in [3.8, 4) is 5.75 Å². The van der Waals surface area contributed by atoms with Crippen LogP contribution in [0.3, 0.4) is 0 Å². The quantitative estimate of drug-likeness (QED) is 0.605. The number of carbonyl (C=O) groups excluding carboxylic acids is 1. The van der Waals surface area contributed by atoms with Crippen LogP contribution < -0.4 is 4.74 Å². The molecule has 4 nitrogen and oxygen atoms in total. The van der Waals surface area contributed by atoms with E-state index >= 15 is 0 Å². The van der Waals surface area contributed by atoms with E-state index < -0.39 is 25.5 Å². The highest BCUT2D eigenvalue weighted by Crippen LogP contribution is 2.29. The van der Waals surface area contributed by atoms with E-state index in [1.54, 1.807) is 0 Å². The standard InChI is InChI=1S/C8H6ClFO4S/c1-14-8-5(4-11)2-3-6(7(8)10)15(9,12)13/h2-4H,1H3. The summed E-state index contributed by atoms with van der Waals surface area (Å²) in [6, 6.07) is 2.02. The molecule has 0 aliphatic rings. The molecular formula is C8H6ClFO4S. The largest absolute Gasteiger partial charge is 0.493 e. The predicted octanol–water partition coefficient (Wildman–Crippen LogP) is 1.57. The lowest BCUT2D eigenvalue weighted by molar-refractivity contribution is 0.111. The van der Waals surface area contributed by atoms with Gasteiger partial charge >= 0.3 is 0 Å². The molecule has 0 spiro atoms. The summed E-state index contributed by atoms with van der Waals surface area (Å²) in [5.41, 5.74) is -0.0842. The van der Waals surface area contributed by atoms with Crippen molar-refractivity contribution < 1.29 is 22.3 Å². The molecule has 0 heterocycles. The second-order valence-corrected chi connectivity index (χ2v) is 5.09. The second-order valence-electron chi connectivity index (χ2n) is 2.56. The summed E-state index contributed by atoms with van der Waals surface area (Å²) in [5, 5.41) is 0. The Kier molecular flexibility index (Phi) is 3.31. The molecule has 15 heavy (non-hydrogen) atoms. The molecule has 0 fully saturated rings. The van der Waals surface area contributed by atoms with Crippen LogP contribution in [0.2, 0.25) is 0 Å². The van der Waals surface area contributed by atoms with E-state index in [0.717, 1.165) is 19.2 Å². The van der Waals surface area contributed by atoms with Gasteiger partial charge in [0.2, 0.25) is 0 Å². The molecule has 7 heteroatoms. The third-order valence-electron chi connectivity index (χ3n) is 1.69. The van der Waals surface area contributed by atoms with Crippen LogP contribution in [0, 0.1) is 5.82 Å². The second kappa shape index (κ2) is 4.16. The summed E-state index contributed by atoms with van der Waals surface area (Å²) in [5.74, 6) is -1.61. The zero-order chi connectivity index (χ0) is 11.6. The first-order valence-corrected chi connectivity index (χ1v) is 5.99. The van der Waals surface area contributed by atoms with Gasteiger partial charge in [0.1, 0.15) is 4.90 Å². The van der Waals surface area contributed by atoms with Crippen LogP contribution in [0.25, 0.3) is 0 Å². The molecule has 0 radical (unpaired) electrons. The van der Waals surface area contributed by atoms with E-state index in [9.17, 15) is 17.6 Å². The Morgan fingerprint density at radius 1 is 1.47 bits per heavy atom. The molecule has 0 aromatic heterocycles. The third kappa shape index (κ3) is 2.27. The summed E-state index contributed by atoms with van der Waals surface area (Å²) < 4.78 is 39.8. The van der Waals surface area contributed by atoms with Crippen LogP contribution in [0.1, 0.15) is 10.4 Å². The minimum Gasteiger partial charge on any atom is -0.493 e. The maximum Gasteiger partial charge on any atom is 0.264 e. The number of hydrogen-bond acceptors (Lipinski definition) is 4. The normalized spacial score (nSPS) is 11.1. The number of halogens is 2. The molecule has 0 amide bonds. The van der Waals surface area contributed by atoms with Gasteiger partial charge in [-0.25, -0.2) is 12.8 Å². The van der Waals surface area contributed by atoms with Crippen LogP contribution in [0.4, 0.5) is 4.39 Å². The van der Waals surface area contributed by atoms with Crippen molar-refractivity contribution in [2.45, 2.75) is 4.90 Å². The van der Waals surface area contributed by atoms with Crippen LogP contribution in [0.5, 0.6) is 5.75 Å². The van der Waals surface area contributed by atoms with Crippen molar-refractivity contribution in [1.82, 2.24) is 0 Å². The monoisotopic (exact) mass is 252 g/mol. The smallest absolute Gasteiger partial charge is 0.264 e. The van der Waals surface area contributed by atoms with Gasteiger partial charge in [0.15, 0.2) is 17.9 Å². The molecule has 0 N–H and O–H groups in total. The minimum atomic E-state index is -4.19. The van der Waals surface area contributed by atoms with E-state index in [1.807, 2.05) is 0 Å². The molecule has 0 aliphatic carbocycles. The van der Waals surface area contributed by atoms with Gasteiger partial charge in [0, 0.05) is 10.7 Å². The molecule has 0 saturated carbocycles. The van der Waals surface area contributed by atoms with Crippen molar-refractivity contribution in [3.63, 3.8) is 0 Å². The van der Waals surface area contributed by atoms with Crippen molar-refractivity contribution in [2.24, 2.45) is 0 Å². The molecule has 82 valence electrons. The molecule has 0 atom stereocenters. The summed E-state index contributed by atoms with van der Waals surface area (Å²) in [4.78, 5) is 9.75. The Labute approximate surface area is 90.0 Å². The maximum absolute atomic E-state index is 13.5. The Morgan fingerprint density at radius 3 is 2.47 bits per heavy atom. The number of hydrogen-bond donors (Lipinski definition) is 0. The third-order valence-corrected chi connectivity index (χ3v) is 3.03.